The number of carbonyl (C=O) groups is 1. The predicted octanol–water partition coefficient (Wildman–Crippen LogP) is 3.94. The molecule has 1 aliphatic rings. The van der Waals surface area contributed by atoms with Crippen LogP contribution in [0.4, 0.5) is 0 Å². The molecule has 5 nitrogen and oxygen atoms in total. The van der Waals surface area contributed by atoms with Gasteiger partial charge in [-0.15, -0.1) is 0 Å². The summed E-state index contributed by atoms with van der Waals surface area (Å²) in [5, 5.41) is 4.47. The lowest BCUT2D eigenvalue weighted by Gasteiger charge is -2.06. The fourth-order valence-corrected chi connectivity index (χ4v) is 2.76. The number of rotatable bonds is 6. The van der Waals surface area contributed by atoms with E-state index < -0.39 is 0 Å². The number of amides is 1. The second-order valence-electron chi connectivity index (χ2n) is 6.36. The van der Waals surface area contributed by atoms with Gasteiger partial charge in [0.15, 0.2) is 0 Å². The molecule has 0 bridgehead atoms. The highest BCUT2D eigenvalue weighted by Crippen LogP contribution is 2.29. The van der Waals surface area contributed by atoms with Gasteiger partial charge in [0.05, 0.1) is 6.61 Å². The minimum Gasteiger partial charge on any atom is -0.477 e. The van der Waals surface area contributed by atoms with Crippen molar-refractivity contribution in [2.45, 2.75) is 19.4 Å². The molecule has 128 valence electrons. The first kappa shape index (κ1) is 16.0. The molecule has 1 saturated carbocycles. The zero-order chi connectivity index (χ0) is 17.2. The number of nitrogens with zero attached hydrogens (tertiary/aromatic N) is 1. The molecule has 1 aliphatic carbocycles. The molecule has 3 aromatic rings. The van der Waals surface area contributed by atoms with Crippen LogP contribution < -0.4 is 10.1 Å². The maximum absolute atomic E-state index is 12.3. The van der Waals surface area contributed by atoms with Gasteiger partial charge < -0.3 is 15.0 Å². The highest BCUT2D eigenvalue weighted by atomic mass is 35.5. The minimum absolute atomic E-state index is 0.165. The fraction of sp³-hybridized carbons (Fsp3) is 0.263. The number of hydrogen-bond acceptors (Lipinski definition) is 3. The average molecular weight is 356 g/mol. The predicted molar refractivity (Wildman–Crippen MR) is 96.9 cm³/mol. The smallest absolute Gasteiger partial charge is 0.267 e. The van der Waals surface area contributed by atoms with Crippen LogP contribution in [0, 0.1) is 5.92 Å². The number of nitrogens with one attached hydrogen (secondary N) is 2. The summed E-state index contributed by atoms with van der Waals surface area (Å²) in [6.07, 6.45) is 4.24. The van der Waals surface area contributed by atoms with E-state index in [1.54, 1.807) is 18.3 Å². The summed E-state index contributed by atoms with van der Waals surface area (Å²) in [5.41, 5.74) is 2.28. The van der Waals surface area contributed by atoms with Gasteiger partial charge in [-0.2, -0.15) is 0 Å². The number of aromatic amines is 1. The summed E-state index contributed by atoms with van der Waals surface area (Å²) in [6.45, 7) is 1.15. The van der Waals surface area contributed by atoms with Crippen LogP contribution in [-0.4, -0.2) is 22.5 Å². The highest BCUT2D eigenvalue weighted by molar-refractivity contribution is 6.31. The number of halogens is 1. The molecule has 1 aromatic carbocycles. The van der Waals surface area contributed by atoms with Crippen LogP contribution in [0.25, 0.3) is 10.9 Å². The van der Waals surface area contributed by atoms with Gasteiger partial charge in [-0.25, -0.2) is 4.98 Å². The Labute approximate surface area is 150 Å². The molecular weight excluding hydrogens is 338 g/mol. The van der Waals surface area contributed by atoms with Crippen molar-refractivity contribution in [1.29, 1.82) is 0 Å². The zero-order valence-electron chi connectivity index (χ0n) is 13.6. The second-order valence-corrected chi connectivity index (χ2v) is 6.79. The summed E-state index contributed by atoms with van der Waals surface area (Å²) in [5.74, 6) is 1.17. The Morgan fingerprint density at radius 1 is 1.28 bits per heavy atom. The van der Waals surface area contributed by atoms with E-state index in [0.29, 0.717) is 29.1 Å². The number of benzene rings is 1. The van der Waals surface area contributed by atoms with Gasteiger partial charge in [-0.3, -0.25) is 4.79 Å². The van der Waals surface area contributed by atoms with Crippen LogP contribution in [0.15, 0.2) is 42.6 Å². The summed E-state index contributed by atoms with van der Waals surface area (Å²) < 4.78 is 5.61. The Morgan fingerprint density at radius 2 is 2.16 bits per heavy atom. The quantitative estimate of drug-likeness (QED) is 0.704. The Hall–Kier alpha value is -2.53. The third-order valence-corrected chi connectivity index (χ3v) is 4.48. The molecule has 0 spiro atoms. The van der Waals surface area contributed by atoms with E-state index in [1.807, 2.05) is 24.3 Å². The molecular formula is C19H18ClN3O2. The van der Waals surface area contributed by atoms with Crippen molar-refractivity contribution >= 4 is 28.4 Å². The van der Waals surface area contributed by atoms with Crippen molar-refractivity contribution in [3.05, 3.63) is 58.9 Å². The zero-order valence-corrected chi connectivity index (χ0v) is 14.3. The lowest BCUT2D eigenvalue weighted by molar-refractivity contribution is 0.0946. The van der Waals surface area contributed by atoms with Gasteiger partial charge in [0.2, 0.25) is 5.88 Å². The lowest BCUT2D eigenvalue weighted by Crippen LogP contribution is -2.23. The van der Waals surface area contributed by atoms with Crippen molar-refractivity contribution in [2.24, 2.45) is 5.92 Å². The van der Waals surface area contributed by atoms with Gasteiger partial charge >= 0.3 is 0 Å². The summed E-state index contributed by atoms with van der Waals surface area (Å²) in [4.78, 5) is 19.7. The molecule has 25 heavy (non-hydrogen) atoms. The van der Waals surface area contributed by atoms with E-state index in [0.717, 1.165) is 23.1 Å². The fourth-order valence-electron chi connectivity index (χ4n) is 2.59. The van der Waals surface area contributed by atoms with Crippen LogP contribution in [-0.2, 0) is 6.54 Å². The van der Waals surface area contributed by atoms with Crippen LogP contribution in [0.1, 0.15) is 28.9 Å². The van der Waals surface area contributed by atoms with E-state index in [2.05, 4.69) is 15.3 Å². The van der Waals surface area contributed by atoms with Crippen LogP contribution in [0.2, 0.25) is 5.02 Å². The maximum atomic E-state index is 12.3. The highest BCUT2D eigenvalue weighted by Gasteiger charge is 2.22. The first-order valence-corrected chi connectivity index (χ1v) is 8.69. The second kappa shape index (κ2) is 6.76. The first-order chi connectivity index (χ1) is 12.2. The molecule has 0 radical (unpaired) electrons. The number of pyridine rings is 1. The largest absolute Gasteiger partial charge is 0.477 e. The van der Waals surface area contributed by atoms with Crippen molar-refractivity contribution in [2.75, 3.05) is 6.61 Å². The molecule has 2 aromatic heterocycles. The van der Waals surface area contributed by atoms with E-state index in [9.17, 15) is 4.79 Å². The first-order valence-electron chi connectivity index (χ1n) is 8.31. The minimum atomic E-state index is -0.165. The third-order valence-electron chi connectivity index (χ3n) is 4.24. The standard InChI is InChI=1S/C19H18ClN3O2/c20-15-5-4-14-7-17(23-16(14)8-15)19(24)22-10-13-3-6-18(21-9-13)25-11-12-1-2-12/h3-9,12,23H,1-2,10-11H2,(H,22,24). The van der Waals surface area contributed by atoms with Crippen molar-refractivity contribution < 1.29 is 9.53 Å². The monoisotopic (exact) mass is 355 g/mol. The summed E-state index contributed by atoms with van der Waals surface area (Å²) >= 11 is 5.97. The molecule has 1 fully saturated rings. The number of H-pyrrole nitrogens is 1. The molecule has 6 heteroatoms. The van der Waals surface area contributed by atoms with Gasteiger partial charge in [-0.1, -0.05) is 23.7 Å². The lowest BCUT2D eigenvalue weighted by atomic mass is 10.2. The molecule has 0 saturated heterocycles. The number of aromatic nitrogens is 2. The van der Waals surface area contributed by atoms with E-state index in [1.165, 1.54) is 12.8 Å². The van der Waals surface area contributed by atoms with Gasteiger partial charge in [0, 0.05) is 34.7 Å². The SMILES string of the molecule is O=C(NCc1ccc(OCC2CC2)nc1)c1cc2ccc(Cl)cc2[nH]1. The maximum Gasteiger partial charge on any atom is 0.267 e. The van der Waals surface area contributed by atoms with Crippen molar-refractivity contribution in [3.63, 3.8) is 0 Å². The van der Waals surface area contributed by atoms with Gasteiger partial charge in [0.1, 0.15) is 5.69 Å². The molecule has 2 N–H and O–H groups in total. The molecule has 0 aliphatic heterocycles. The number of hydrogen-bond donors (Lipinski definition) is 2. The average Bonchev–Trinajstić information content (AvgIpc) is 3.36. The van der Waals surface area contributed by atoms with Crippen LogP contribution >= 0.6 is 11.6 Å². The Balaban J connectivity index is 1.35. The van der Waals surface area contributed by atoms with Crippen LogP contribution in [0.5, 0.6) is 5.88 Å². The Kier molecular flexibility index (Phi) is 4.32. The van der Waals surface area contributed by atoms with Crippen molar-refractivity contribution in [3.8, 4) is 5.88 Å². The summed E-state index contributed by atoms with van der Waals surface area (Å²) in [6, 6.07) is 11.1. The third kappa shape index (κ3) is 3.94. The van der Waals surface area contributed by atoms with Crippen LogP contribution in [0.3, 0.4) is 0 Å². The number of fused-ring (bicyclic) bond motifs is 1. The van der Waals surface area contributed by atoms with E-state index >= 15 is 0 Å². The normalized spacial score (nSPS) is 13.8. The van der Waals surface area contributed by atoms with E-state index in [4.69, 9.17) is 16.3 Å². The summed E-state index contributed by atoms with van der Waals surface area (Å²) in [7, 11) is 0. The Bertz CT molecular complexity index is 901. The number of carbonyl (C=O) groups excluding carboxylic acids is 1. The van der Waals surface area contributed by atoms with Gasteiger partial charge in [-0.05, 0) is 42.5 Å². The van der Waals surface area contributed by atoms with Gasteiger partial charge in [0.25, 0.3) is 5.91 Å². The molecule has 4 rings (SSSR count). The molecule has 0 unspecified atom stereocenters. The van der Waals surface area contributed by atoms with E-state index in [-0.39, 0.29) is 5.91 Å². The molecule has 1 amide bonds. The Morgan fingerprint density at radius 3 is 2.92 bits per heavy atom. The molecule has 0 atom stereocenters. The topological polar surface area (TPSA) is 67.0 Å². The molecule has 2 heterocycles. The van der Waals surface area contributed by atoms with Crippen molar-refractivity contribution in [1.82, 2.24) is 15.3 Å². The number of ether oxygens (including phenoxy) is 1.